The average molecular weight is 665 g/mol. The Morgan fingerprint density at radius 2 is 1.29 bits per heavy atom. The maximum Gasteiger partial charge on any atom is 0.0629 e. The minimum atomic E-state index is 0.253. The number of aromatic nitrogens is 1. The van der Waals surface area contributed by atoms with Gasteiger partial charge in [0.05, 0.1) is 11.6 Å². The molecule has 2 atom stereocenters. The Hall–Kier alpha value is -6.38. The number of allylic oxidation sites excluding steroid dienone is 3. The first-order chi connectivity index (χ1) is 25.8. The monoisotopic (exact) mass is 664 g/mol. The van der Waals surface area contributed by atoms with Gasteiger partial charge in [-0.05, 0) is 105 Å². The quantitative estimate of drug-likeness (QED) is 0.182. The van der Waals surface area contributed by atoms with Crippen molar-refractivity contribution in [3.63, 3.8) is 0 Å². The number of nitrogens with zero attached hydrogens (tertiary/aromatic N) is 2. The van der Waals surface area contributed by atoms with E-state index in [0.29, 0.717) is 5.92 Å². The van der Waals surface area contributed by atoms with Gasteiger partial charge in [0.2, 0.25) is 0 Å². The number of hydrogen-bond donors (Lipinski definition) is 0. The zero-order chi connectivity index (χ0) is 34.2. The summed E-state index contributed by atoms with van der Waals surface area (Å²) < 4.78 is 2.47. The van der Waals surface area contributed by atoms with Gasteiger partial charge in [-0.2, -0.15) is 0 Å². The number of hydrogen-bond acceptors (Lipinski definition) is 1. The van der Waals surface area contributed by atoms with Gasteiger partial charge >= 0.3 is 0 Å². The molecule has 246 valence electrons. The fraction of sp³-hybridized carbons (Fsp3) is 0.0800. The van der Waals surface area contributed by atoms with Crippen molar-refractivity contribution in [2.24, 2.45) is 0 Å². The van der Waals surface area contributed by atoms with Crippen LogP contribution in [0.3, 0.4) is 0 Å². The van der Waals surface area contributed by atoms with Crippen LogP contribution < -0.4 is 4.90 Å². The lowest BCUT2D eigenvalue weighted by Gasteiger charge is -2.29. The van der Waals surface area contributed by atoms with Crippen LogP contribution in [0, 0.1) is 0 Å². The molecule has 2 heterocycles. The summed E-state index contributed by atoms with van der Waals surface area (Å²) in [6, 6.07) is 54.5. The maximum absolute atomic E-state index is 2.55. The molecule has 52 heavy (non-hydrogen) atoms. The van der Waals surface area contributed by atoms with E-state index in [4.69, 9.17) is 0 Å². The van der Waals surface area contributed by atoms with Gasteiger partial charge in [0, 0.05) is 39.6 Å². The van der Waals surface area contributed by atoms with E-state index >= 15 is 0 Å². The van der Waals surface area contributed by atoms with Crippen molar-refractivity contribution in [1.82, 2.24) is 4.57 Å². The van der Waals surface area contributed by atoms with Gasteiger partial charge in [-0.15, -0.1) is 0 Å². The van der Waals surface area contributed by atoms with Crippen LogP contribution in [-0.4, -0.2) is 10.6 Å². The summed E-state index contributed by atoms with van der Waals surface area (Å²) in [7, 11) is 0. The molecule has 8 aromatic rings. The zero-order valence-corrected chi connectivity index (χ0v) is 28.8. The Morgan fingerprint density at radius 1 is 0.538 bits per heavy atom. The van der Waals surface area contributed by atoms with E-state index in [1.165, 1.54) is 88.6 Å². The van der Waals surface area contributed by atoms with Crippen molar-refractivity contribution < 1.29 is 0 Å². The average Bonchev–Trinajstić information content (AvgIpc) is 3.72. The fourth-order valence-corrected chi connectivity index (χ4v) is 9.20. The second-order valence-corrected chi connectivity index (χ2v) is 14.4. The highest BCUT2D eigenvalue weighted by molar-refractivity contribution is 6.06. The van der Waals surface area contributed by atoms with Crippen molar-refractivity contribution in [3.05, 3.63) is 193 Å². The van der Waals surface area contributed by atoms with E-state index in [1.807, 2.05) is 0 Å². The van der Waals surface area contributed by atoms with E-state index in [-0.39, 0.29) is 6.04 Å². The van der Waals surface area contributed by atoms with E-state index in [1.54, 1.807) is 0 Å². The lowest BCUT2D eigenvalue weighted by atomic mass is 9.89. The largest absolute Gasteiger partial charge is 0.333 e. The van der Waals surface area contributed by atoms with Crippen molar-refractivity contribution in [3.8, 4) is 27.9 Å². The van der Waals surface area contributed by atoms with Gasteiger partial charge in [0.25, 0.3) is 0 Å². The Balaban J connectivity index is 1.05. The number of rotatable bonds is 4. The molecule has 2 heteroatoms. The third-order valence-electron chi connectivity index (χ3n) is 11.6. The van der Waals surface area contributed by atoms with Crippen LogP contribution >= 0.6 is 0 Å². The van der Waals surface area contributed by atoms with Crippen LogP contribution in [0.1, 0.15) is 29.2 Å². The smallest absolute Gasteiger partial charge is 0.0629 e. The summed E-state index contributed by atoms with van der Waals surface area (Å²) in [5, 5.41) is 6.40. The summed E-state index contributed by atoms with van der Waals surface area (Å²) in [5.41, 5.74) is 14.2. The van der Waals surface area contributed by atoms with Crippen molar-refractivity contribution >= 4 is 49.9 Å². The fourth-order valence-electron chi connectivity index (χ4n) is 9.20. The Kier molecular flexibility index (Phi) is 6.54. The summed E-state index contributed by atoms with van der Waals surface area (Å²) in [6.45, 7) is 0. The highest BCUT2D eigenvalue weighted by Gasteiger charge is 2.37. The molecule has 0 radical (unpaired) electrons. The van der Waals surface area contributed by atoms with E-state index < -0.39 is 0 Å². The molecular weight excluding hydrogens is 629 g/mol. The number of anilines is 2. The first-order valence-electron chi connectivity index (χ1n) is 18.5. The van der Waals surface area contributed by atoms with Crippen LogP contribution in [0.15, 0.2) is 176 Å². The second-order valence-electron chi connectivity index (χ2n) is 14.4. The third-order valence-corrected chi connectivity index (χ3v) is 11.6. The highest BCUT2D eigenvalue weighted by Crippen LogP contribution is 2.50. The molecule has 2 nitrogen and oxygen atoms in total. The van der Waals surface area contributed by atoms with Crippen molar-refractivity contribution in [2.45, 2.75) is 24.8 Å². The lowest BCUT2D eigenvalue weighted by Crippen LogP contribution is -2.28. The maximum atomic E-state index is 2.55. The van der Waals surface area contributed by atoms with Crippen LogP contribution in [-0.2, 0) is 6.42 Å². The minimum Gasteiger partial charge on any atom is -0.333 e. The normalized spacial score (nSPS) is 17.2. The van der Waals surface area contributed by atoms with Crippen LogP contribution in [0.25, 0.3) is 66.5 Å². The van der Waals surface area contributed by atoms with Crippen molar-refractivity contribution in [2.75, 3.05) is 4.90 Å². The number of fused-ring (bicyclic) bond motifs is 8. The molecule has 7 aromatic carbocycles. The summed E-state index contributed by atoms with van der Waals surface area (Å²) in [4.78, 5) is 2.55. The first-order valence-corrected chi connectivity index (χ1v) is 18.5. The van der Waals surface area contributed by atoms with Crippen LogP contribution in [0.5, 0.6) is 0 Å². The van der Waals surface area contributed by atoms with Gasteiger partial charge in [0.15, 0.2) is 0 Å². The van der Waals surface area contributed by atoms with Gasteiger partial charge in [-0.1, -0.05) is 140 Å². The molecule has 2 aliphatic carbocycles. The standard InChI is InChI=1S/C50H36N2/c1-2-14-37(15-3-1)51-48-23-9-7-17-44(48)46-31-35(26-29-49(46)51)39-18-10-21-42-40(19-11-20-41(39)42)36-25-28-45-43-16-6-8-22-47(43)52(50(45)32-36)38-27-24-33-12-4-5-13-34(33)30-38/h1-8,10-22,24-32,43,47H,9,23H2. The molecule has 1 aliphatic heterocycles. The van der Waals surface area contributed by atoms with Crippen LogP contribution in [0.4, 0.5) is 11.4 Å². The zero-order valence-electron chi connectivity index (χ0n) is 28.8. The third kappa shape index (κ3) is 4.44. The summed E-state index contributed by atoms with van der Waals surface area (Å²) >= 11 is 0. The minimum absolute atomic E-state index is 0.253. The summed E-state index contributed by atoms with van der Waals surface area (Å²) in [6.07, 6.45) is 15.9. The molecule has 11 rings (SSSR count). The molecule has 0 fully saturated rings. The molecule has 1 aromatic heterocycles. The van der Waals surface area contributed by atoms with E-state index in [2.05, 4.69) is 192 Å². The van der Waals surface area contributed by atoms with Gasteiger partial charge < -0.3 is 9.47 Å². The Morgan fingerprint density at radius 3 is 2.13 bits per heavy atom. The topological polar surface area (TPSA) is 8.17 Å². The molecule has 0 saturated heterocycles. The molecule has 2 unspecified atom stereocenters. The number of benzene rings is 7. The SMILES string of the molecule is C1=CC2c3ccc(-c4cccc5c(-c6ccc7c(c6)c6c(n7-c7ccccc7)CCC=C6)cccc45)cc3N(c3ccc4ccccc4c3)C2C=C1. The highest BCUT2D eigenvalue weighted by atomic mass is 15.2. The van der Waals surface area contributed by atoms with E-state index in [0.717, 1.165) is 12.8 Å². The molecule has 0 amide bonds. The molecule has 0 saturated carbocycles. The van der Waals surface area contributed by atoms with E-state index in [9.17, 15) is 0 Å². The first kappa shape index (κ1) is 29.4. The molecule has 3 aliphatic rings. The van der Waals surface area contributed by atoms with Gasteiger partial charge in [-0.3, -0.25) is 0 Å². The Bertz CT molecular complexity index is 2810. The summed E-state index contributed by atoms with van der Waals surface area (Å²) in [5.74, 6) is 0.326. The Labute approximate surface area is 303 Å². The van der Waals surface area contributed by atoms with Gasteiger partial charge in [-0.25, -0.2) is 0 Å². The van der Waals surface area contributed by atoms with Crippen molar-refractivity contribution in [1.29, 1.82) is 0 Å². The molecular formula is C50H36N2. The second kappa shape index (κ2) is 11.6. The predicted molar refractivity (Wildman–Crippen MR) is 220 cm³/mol. The lowest BCUT2D eigenvalue weighted by molar-refractivity contribution is 0.745. The molecule has 0 N–H and O–H groups in total. The predicted octanol–water partition coefficient (Wildman–Crippen LogP) is 13.0. The van der Waals surface area contributed by atoms with Gasteiger partial charge in [0.1, 0.15) is 0 Å². The number of para-hydroxylation sites is 1. The molecule has 0 bridgehead atoms. The van der Waals surface area contributed by atoms with Crippen LogP contribution in [0.2, 0.25) is 0 Å². The molecule has 0 spiro atoms.